The standard InChI is InChI=1S/C14H7F5N4O3S/c15-9-3-1-7(5-10(9)16)12-21-13(14(17,18)19)22-23(12)11-4-2-8(6-20-11)27(24,25)26/h1-6H,(H,24,25,26). The van der Waals surface area contributed by atoms with Crippen LogP contribution in [0.2, 0.25) is 0 Å². The summed E-state index contributed by atoms with van der Waals surface area (Å²) >= 11 is 0. The van der Waals surface area contributed by atoms with Crippen LogP contribution >= 0.6 is 0 Å². The Hall–Kier alpha value is -2.93. The van der Waals surface area contributed by atoms with Gasteiger partial charge in [-0.3, -0.25) is 4.55 Å². The second kappa shape index (κ2) is 6.35. The molecule has 0 aliphatic carbocycles. The molecule has 3 aromatic rings. The van der Waals surface area contributed by atoms with Crippen molar-refractivity contribution in [3.05, 3.63) is 54.0 Å². The molecule has 0 saturated carbocycles. The molecule has 1 aromatic carbocycles. The van der Waals surface area contributed by atoms with E-state index in [0.717, 1.165) is 18.2 Å². The van der Waals surface area contributed by atoms with Crippen molar-refractivity contribution >= 4 is 10.1 Å². The topological polar surface area (TPSA) is 98.0 Å². The first-order chi connectivity index (χ1) is 12.5. The summed E-state index contributed by atoms with van der Waals surface area (Å²) in [5.74, 6) is -4.90. The van der Waals surface area contributed by atoms with E-state index >= 15 is 0 Å². The largest absolute Gasteiger partial charge is 0.453 e. The van der Waals surface area contributed by atoms with Gasteiger partial charge in [0.1, 0.15) is 4.90 Å². The van der Waals surface area contributed by atoms with Gasteiger partial charge in [0, 0.05) is 5.56 Å². The highest BCUT2D eigenvalue weighted by Crippen LogP contribution is 2.30. The van der Waals surface area contributed by atoms with E-state index in [1.165, 1.54) is 0 Å². The number of hydrogen-bond donors (Lipinski definition) is 1. The van der Waals surface area contributed by atoms with E-state index in [1.807, 2.05) is 0 Å². The number of halogens is 5. The van der Waals surface area contributed by atoms with E-state index in [2.05, 4.69) is 15.1 Å². The zero-order valence-corrected chi connectivity index (χ0v) is 13.6. The fourth-order valence-corrected chi connectivity index (χ4v) is 2.49. The second-order valence-corrected chi connectivity index (χ2v) is 6.55. The molecule has 7 nitrogen and oxygen atoms in total. The molecule has 0 unspecified atom stereocenters. The van der Waals surface area contributed by atoms with Gasteiger partial charge in [-0.2, -0.15) is 26.3 Å². The Balaban J connectivity index is 2.19. The van der Waals surface area contributed by atoms with Crippen molar-refractivity contribution in [1.29, 1.82) is 0 Å². The maximum absolute atomic E-state index is 13.5. The van der Waals surface area contributed by atoms with Gasteiger partial charge in [0.05, 0.1) is 6.20 Å². The van der Waals surface area contributed by atoms with E-state index < -0.39 is 44.5 Å². The SMILES string of the molecule is O=S(=O)(O)c1ccc(-n2nc(C(F)(F)F)nc2-c2ccc(F)c(F)c2)nc1. The summed E-state index contributed by atoms with van der Waals surface area (Å²) < 4.78 is 97.0. The smallest absolute Gasteiger partial charge is 0.282 e. The molecule has 1 N–H and O–H groups in total. The Kier molecular flexibility index (Phi) is 4.43. The molecule has 2 aromatic heterocycles. The summed E-state index contributed by atoms with van der Waals surface area (Å²) in [5.41, 5.74) is -0.224. The lowest BCUT2D eigenvalue weighted by molar-refractivity contribution is -0.144. The monoisotopic (exact) mass is 406 g/mol. The number of nitrogens with zero attached hydrogens (tertiary/aromatic N) is 4. The minimum Gasteiger partial charge on any atom is -0.282 e. The molecule has 3 rings (SSSR count). The maximum atomic E-state index is 13.5. The van der Waals surface area contributed by atoms with Crippen molar-refractivity contribution in [2.75, 3.05) is 0 Å². The summed E-state index contributed by atoms with van der Waals surface area (Å²) in [5, 5.41) is 3.26. The van der Waals surface area contributed by atoms with Gasteiger partial charge in [-0.15, -0.1) is 5.10 Å². The summed E-state index contributed by atoms with van der Waals surface area (Å²) in [6.07, 6.45) is -4.25. The van der Waals surface area contributed by atoms with Gasteiger partial charge in [0.2, 0.25) is 0 Å². The van der Waals surface area contributed by atoms with Crippen molar-refractivity contribution in [1.82, 2.24) is 19.7 Å². The van der Waals surface area contributed by atoms with Gasteiger partial charge in [-0.1, -0.05) is 0 Å². The Labute approximate surface area is 147 Å². The first-order valence-electron chi connectivity index (χ1n) is 6.90. The number of hydrogen-bond acceptors (Lipinski definition) is 5. The molecule has 0 spiro atoms. The lowest BCUT2D eigenvalue weighted by atomic mass is 10.2. The van der Waals surface area contributed by atoms with Crippen LogP contribution < -0.4 is 0 Å². The average molecular weight is 406 g/mol. The van der Waals surface area contributed by atoms with E-state index in [-0.39, 0.29) is 11.4 Å². The van der Waals surface area contributed by atoms with Gasteiger partial charge < -0.3 is 0 Å². The van der Waals surface area contributed by atoms with E-state index in [4.69, 9.17) is 4.55 Å². The van der Waals surface area contributed by atoms with Gasteiger partial charge in [0.25, 0.3) is 15.9 Å². The molecule has 0 radical (unpaired) electrons. The molecule has 0 amide bonds. The summed E-state index contributed by atoms with van der Waals surface area (Å²) in [7, 11) is -4.57. The maximum Gasteiger partial charge on any atom is 0.453 e. The van der Waals surface area contributed by atoms with Gasteiger partial charge >= 0.3 is 6.18 Å². The van der Waals surface area contributed by atoms with Crippen LogP contribution in [0.4, 0.5) is 22.0 Å². The molecule has 142 valence electrons. The third kappa shape index (κ3) is 3.78. The number of aromatic nitrogens is 4. The lowest BCUT2D eigenvalue weighted by Gasteiger charge is -2.06. The Bertz CT molecular complexity index is 1110. The molecule has 0 fully saturated rings. The van der Waals surface area contributed by atoms with Crippen LogP contribution in [0.5, 0.6) is 0 Å². The van der Waals surface area contributed by atoms with Crippen LogP contribution in [0.1, 0.15) is 5.82 Å². The molecule has 27 heavy (non-hydrogen) atoms. The second-order valence-electron chi connectivity index (χ2n) is 5.12. The highest BCUT2D eigenvalue weighted by molar-refractivity contribution is 7.85. The number of rotatable bonds is 3. The van der Waals surface area contributed by atoms with Crippen molar-refractivity contribution in [2.45, 2.75) is 11.1 Å². The van der Waals surface area contributed by atoms with E-state index in [1.54, 1.807) is 0 Å². The Morgan fingerprint density at radius 2 is 1.74 bits per heavy atom. The van der Waals surface area contributed by atoms with Crippen LogP contribution in [0.25, 0.3) is 17.2 Å². The molecule has 0 bridgehead atoms. The predicted octanol–water partition coefficient (Wildman–Crippen LogP) is 2.87. The third-order valence-corrected chi connectivity index (χ3v) is 4.11. The molecule has 0 aliphatic rings. The first kappa shape index (κ1) is 18.8. The van der Waals surface area contributed by atoms with E-state index in [0.29, 0.717) is 23.0 Å². The van der Waals surface area contributed by atoms with E-state index in [9.17, 15) is 30.4 Å². The van der Waals surface area contributed by atoms with Gasteiger partial charge in [0.15, 0.2) is 23.3 Å². The molecule has 0 saturated heterocycles. The zero-order chi connectivity index (χ0) is 20.0. The normalized spacial score (nSPS) is 12.4. The molecular weight excluding hydrogens is 399 g/mol. The summed E-state index contributed by atoms with van der Waals surface area (Å²) in [6, 6.07) is 4.16. The fraction of sp³-hybridized carbons (Fsp3) is 0.0714. The van der Waals surface area contributed by atoms with Crippen LogP contribution in [0.3, 0.4) is 0 Å². The van der Waals surface area contributed by atoms with Crippen molar-refractivity contribution in [3.8, 4) is 17.2 Å². The van der Waals surface area contributed by atoms with Crippen LogP contribution in [0, 0.1) is 11.6 Å². The van der Waals surface area contributed by atoms with Crippen molar-refractivity contribution < 1.29 is 34.9 Å². The van der Waals surface area contributed by atoms with Crippen LogP contribution in [-0.4, -0.2) is 32.7 Å². The molecule has 13 heteroatoms. The number of alkyl halides is 3. The Morgan fingerprint density at radius 3 is 2.26 bits per heavy atom. The molecular formula is C14H7F5N4O3S. The quantitative estimate of drug-likeness (QED) is 0.531. The number of pyridine rings is 1. The average Bonchev–Trinajstić information content (AvgIpc) is 3.02. The highest BCUT2D eigenvalue weighted by Gasteiger charge is 2.37. The molecule has 0 atom stereocenters. The van der Waals surface area contributed by atoms with Crippen molar-refractivity contribution in [3.63, 3.8) is 0 Å². The minimum absolute atomic E-state index is 0.224. The third-order valence-electron chi connectivity index (χ3n) is 3.27. The lowest BCUT2D eigenvalue weighted by Crippen LogP contribution is -2.09. The van der Waals surface area contributed by atoms with Crippen molar-refractivity contribution in [2.24, 2.45) is 0 Å². The minimum atomic E-state index is -4.94. The summed E-state index contributed by atoms with van der Waals surface area (Å²) in [6.45, 7) is 0. The molecule has 2 heterocycles. The highest BCUT2D eigenvalue weighted by atomic mass is 32.2. The van der Waals surface area contributed by atoms with Crippen LogP contribution in [-0.2, 0) is 16.3 Å². The summed E-state index contributed by atoms with van der Waals surface area (Å²) in [4.78, 5) is 6.32. The Morgan fingerprint density at radius 1 is 1.04 bits per heavy atom. The molecule has 0 aliphatic heterocycles. The zero-order valence-electron chi connectivity index (χ0n) is 12.8. The van der Waals surface area contributed by atoms with Crippen LogP contribution in [0.15, 0.2) is 41.4 Å². The number of benzene rings is 1. The first-order valence-corrected chi connectivity index (χ1v) is 8.34. The van der Waals surface area contributed by atoms with Gasteiger partial charge in [-0.25, -0.2) is 18.7 Å². The fourth-order valence-electron chi connectivity index (χ4n) is 2.06. The van der Waals surface area contributed by atoms with Gasteiger partial charge in [-0.05, 0) is 30.3 Å². The predicted molar refractivity (Wildman–Crippen MR) is 79.3 cm³/mol.